The van der Waals surface area contributed by atoms with Gasteiger partial charge in [-0.05, 0) is 13.8 Å². The summed E-state index contributed by atoms with van der Waals surface area (Å²) in [6.45, 7) is 3.69. The Morgan fingerprint density at radius 3 is 2.67 bits per heavy atom. The average molecular weight is 217 g/mol. The molecule has 0 bridgehead atoms. The summed E-state index contributed by atoms with van der Waals surface area (Å²) in [7, 11) is 0. The van der Waals surface area contributed by atoms with Gasteiger partial charge in [0.25, 0.3) is 11.8 Å². The van der Waals surface area contributed by atoms with E-state index in [0.29, 0.717) is 5.82 Å². The first-order valence-electron chi connectivity index (χ1n) is 4.51. The number of aromatic amines is 1. The van der Waals surface area contributed by atoms with Gasteiger partial charge in [-0.3, -0.25) is 4.79 Å². The van der Waals surface area contributed by atoms with E-state index in [4.69, 9.17) is 0 Å². The van der Waals surface area contributed by atoms with Crippen LogP contribution in [0.25, 0.3) is 0 Å². The number of nitrogens with one attached hydrogen (secondary N) is 2. The summed E-state index contributed by atoms with van der Waals surface area (Å²) < 4.78 is 25.5. The molecule has 2 N–H and O–H groups in total. The van der Waals surface area contributed by atoms with Crippen molar-refractivity contribution >= 4 is 5.91 Å². The highest BCUT2D eigenvalue weighted by molar-refractivity contribution is 5.92. The summed E-state index contributed by atoms with van der Waals surface area (Å²) in [5.41, 5.74) is 0.184. The second-order valence-electron chi connectivity index (χ2n) is 3.53. The molecule has 4 nitrogen and oxygen atoms in total. The minimum absolute atomic E-state index is 0.184. The highest BCUT2D eigenvalue weighted by atomic mass is 19.3. The van der Waals surface area contributed by atoms with E-state index in [0.717, 1.165) is 6.92 Å². The minimum Gasteiger partial charge on any atom is -0.342 e. The maximum atomic E-state index is 12.8. The van der Waals surface area contributed by atoms with E-state index in [1.54, 1.807) is 6.92 Å². The molecule has 0 aromatic carbocycles. The van der Waals surface area contributed by atoms with Crippen LogP contribution in [0.2, 0.25) is 0 Å². The van der Waals surface area contributed by atoms with Gasteiger partial charge in [-0.15, -0.1) is 0 Å². The molecule has 1 aromatic rings. The number of hydrogen-bond donors (Lipinski definition) is 2. The van der Waals surface area contributed by atoms with E-state index in [9.17, 15) is 13.6 Å². The van der Waals surface area contributed by atoms with Crippen molar-refractivity contribution in [3.63, 3.8) is 0 Å². The molecule has 0 spiro atoms. The van der Waals surface area contributed by atoms with E-state index < -0.39 is 17.9 Å². The number of carbonyl (C=O) groups excluding carboxylic acids is 1. The molecule has 1 amide bonds. The van der Waals surface area contributed by atoms with Crippen LogP contribution in [0.1, 0.15) is 30.2 Å². The molecule has 0 aliphatic carbocycles. The van der Waals surface area contributed by atoms with Crippen LogP contribution in [-0.4, -0.2) is 27.8 Å². The molecule has 0 saturated carbocycles. The zero-order valence-corrected chi connectivity index (χ0v) is 8.77. The maximum Gasteiger partial charge on any atom is 0.269 e. The molecule has 1 aromatic heterocycles. The van der Waals surface area contributed by atoms with Gasteiger partial charge in [0.05, 0.1) is 12.2 Å². The summed E-state index contributed by atoms with van der Waals surface area (Å²) in [6, 6.07) is -1.21. The van der Waals surface area contributed by atoms with Gasteiger partial charge in [0.2, 0.25) is 0 Å². The van der Waals surface area contributed by atoms with Crippen LogP contribution in [0.5, 0.6) is 0 Å². The van der Waals surface area contributed by atoms with Crippen molar-refractivity contribution in [3.05, 3.63) is 17.7 Å². The molecule has 1 unspecified atom stereocenters. The number of imidazole rings is 1. The van der Waals surface area contributed by atoms with Gasteiger partial charge in [-0.1, -0.05) is 0 Å². The molecule has 0 saturated heterocycles. The van der Waals surface area contributed by atoms with Crippen LogP contribution in [0.4, 0.5) is 8.78 Å². The van der Waals surface area contributed by atoms with E-state index >= 15 is 0 Å². The van der Waals surface area contributed by atoms with Crippen molar-refractivity contribution < 1.29 is 13.6 Å². The highest BCUT2D eigenvalue weighted by Gasteiger charge is 2.31. The number of hydrogen-bond acceptors (Lipinski definition) is 2. The Bertz CT molecular complexity index is 356. The first kappa shape index (κ1) is 11.6. The third-order valence-corrected chi connectivity index (χ3v) is 2.06. The number of alkyl halides is 2. The summed E-state index contributed by atoms with van der Waals surface area (Å²) in [5, 5.41) is 2.19. The summed E-state index contributed by atoms with van der Waals surface area (Å²) in [5.74, 6) is -2.95. The zero-order valence-electron chi connectivity index (χ0n) is 8.77. The van der Waals surface area contributed by atoms with Crippen molar-refractivity contribution in [2.75, 3.05) is 0 Å². The van der Waals surface area contributed by atoms with Crippen LogP contribution in [0, 0.1) is 6.92 Å². The lowest BCUT2D eigenvalue weighted by Gasteiger charge is -2.19. The first-order chi connectivity index (χ1) is 6.80. The van der Waals surface area contributed by atoms with Gasteiger partial charge in [0, 0.05) is 6.92 Å². The van der Waals surface area contributed by atoms with Crippen molar-refractivity contribution in [2.45, 2.75) is 32.7 Å². The molecular formula is C9H13F2N3O. The molecule has 0 fully saturated rings. The van der Waals surface area contributed by atoms with Gasteiger partial charge in [-0.2, -0.15) is 0 Å². The quantitative estimate of drug-likeness (QED) is 0.805. The zero-order chi connectivity index (χ0) is 11.6. The Kier molecular flexibility index (Phi) is 3.06. The number of rotatable bonds is 3. The molecule has 0 aliphatic rings. The summed E-state index contributed by atoms with van der Waals surface area (Å²) >= 11 is 0. The molecule has 1 heterocycles. The maximum absolute atomic E-state index is 12.8. The fourth-order valence-electron chi connectivity index (χ4n) is 0.937. The highest BCUT2D eigenvalue weighted by Crippen LogP contribution is 2.16. The number of halogens is 2. The molecule has 1 atom stereocenters. The van der Waals surface area contributed by atoms with Crippen molar-refractivity contribution in [2.24, 2.45) is 0 Å². The third kappa shape index (κ3) is 3.00. The van der Waals surface area contributed by atoms with E-state index in [1.165, 1.54) is 13.1 Å². The lowest BCUT2D eigenvalue weighted by atomic mass is 10.2. The lowest BCUT2D eigenvalue weighted by Crippen LogP contribution is -2.43. The third-order valence-electron chi connectivity index (χ3n) is 2.06. The van der Waals surface area contributed by atoms with Crippen LogP contribution in [0.3, 0.4) is 0 Å². The molecule has 0 aliphatic heterocycles. The minimum atomic E-state index is -2.94. The SMILES string of the molecule is Cc1ncc(C(=O)NC(C)C(C)(F)F)[nH]1. The molecule has 6 heteroatoms. The first-order valence-corrected chi connectivity index (χ1v) is 4.51. The normalized spacial score (nSPS) is 13.7. The Hall–Kier alpha value is -1.46. The number of aromatic nitrogens is 2. The van der Waals surface area contributed by atoms with E-state index in [-0.39, 0.29) is 5.69 Å². The van der Waals surface area contributed by atoms with Crippen LogP contribution in [0.15, 0.2) is 6.20 Å². The smallest absolute Gasteiger partial charge is 0.269 e. The molecule has 1 rings (SSSR count). The van der Waals surface area contributed by atoms with E-state index in [2.05, 4.69) is 15.3 Å². The molecular weight excluding hydrogens is 204 g/mol. The lowest BCUT2D eigenvalue weighted by molar-refractivity contribution is -0.0108. The predicted molar refractivity (Wildman–Crippen MR) is 50.9 cm³/mol. The number of carbonyl (C=O) groups is 1. The number of aryl methyl sites for hydroxylation is 1. The summed E-state index contributed by atoms with van der Waals surface area (Å²) in [6.07, 6.45) is 1.31. The second kappa shape index (κ2) is 3.96. The molecule has 15 heavy (non-hydrogen) atoms. The van der Waals surface area contributed by atoms with Gasteiger partial charge in [0.15, 0.2) is 0 Å². The largest absolute Gasteiger partial charge is 0.342 e. The number of H-pyrrole nitrogens is 1. The van der Waals surface area contributed by atoms with Crippen LogP contribution in [-0.2, 0) is 0 Å². The number of amides is 1. The van der Waals surface area contributed by atoms with Gasteiger partial charge >= 0.3 is 0 Å². The Balaban J connectivity index is 2.64. The van der Waals surface area contributed by atoms with Crippen LogP contribution >= 0.6 is 0 Å². The predicted octanol–water partition coefficient (Wildman–Crippen LogP) is 1.49. The fraction of sp³-hybridized carbons (Fsp3) is 0.556. The van der Waals surface area contributed by atoms with Crippen LogP contribution < -0.4 is 5.32 Å². The van der Waals surface area contributed by atoms with Gasteiger partial charge < -0.3 is 10.3 Å². The molecule has 84 valence electrons. The van der Waals surface area contributed by atoms with Gasteiger partial charge in [0.1, 0.15) is 11.5 Å². The second-order valence-corrected chi connectivity index (χ2v) is 3.53. The average Bonchev–Trinajstić information content (AvgIpc) is 2.50. The summed E-state index contributed by atoms with van der Waals surface area (Å²) in [4.78, 5) is 17.9. The van der Waals surface area contributed by atoms with Crippen molar-refractivity contribution in [3.8, 4) is 0 Å². The van der Waals surface area contributed by atoms with Crippen molar-refractivity contribution in [1.29, 1.82) is 0 Å². The Morgan fingerprint density at radius 1 is 1.67 bits per heavy atom. The Labute approximate surface area is 86.1 Å². The van der Waals surface area contributed by atoms with E-state index in [1.807, 2.05) is 0 Å². The monoisotopic (exact) mass is 217 g/mol. The van der Waals surface area contributed by atoms with Gasteiger partial charge in [-0.25, -0.2) is 13.8 Å². The number of nitrogens with zero attached hydrogens (tertiary/aromatic N) is 1. The molecule has 0 radical (unpaired) electrons. The topological polar surface area (TPSA) is 57.8 Å². The Morgan fingerprint density at radius 2 is 2.27 bits per heavy atom. The fourth-order valence-corrected chi connectivity index (χ4v) is 0.937. The van der Waals surface area contributed by atoms with Crippen molar-refractivity contribution in [1.82, 2.24) is 15.3 Å². The standard InChI is InChI=1S/C9H13F2N3O/c1-5(9(3,10)11)13-8(15)7-4-12-6(2)14-7/h4-5H,1-3H3,(H,12,14)(H,13,15).